The average molecular weight is 247 g/mol. The third-order valence-corrected chi connectivity index (χ3v) is 2.93. The number of aliphatic hydroxyl groups is 1. The molecule has 0 bridgehead atoms. The fourth-order valence-corrected chi connectivity index (χ4v) is 1.66. The van der Waals surface area contributed by atoms with Crippen LogP contribution in [-0.4, -0.2) is 21.9 Å². The molecule has 5 nitrogen and oxygen atoms in total. The minimum atomic E-state index is -0.606. The molecule has 0 saturated heterocycles. The first kappa shape index (κ1) is 12.7. The summed E-state index contributed by atoms with van der Waals surface area (Å²) in [6, 6.07) is 5.62. The summed E-state index contributed by atoms with van der Waals surface area (Å²) in [5.41, 5.74) is 9.22. The van der Waals surface area contributed by atoms with Crippen molar-refractivity contribution < 1.29 is 9.63 Å². The highest BCUT2D eigenvalue weighted by Crippen LogP contribution is 2.14. The summed E-state index contributed by atoms with van der Waals surface area (Å²) in [6.07, 6.45) is 0.600. The Hall–Kier alpha value is -1.72. The van der Waals surface area contributed by atoms with Crippen molar-refractivity contribution in [1.29, 1.82) is 0 Å². The molecule has 1 aromatic carbocycles. The maximum absolute atomic E-state index is 8.90. The second-order valence-electron chi connectivity index (χ2n) is 4.43. The number of nitrogens with two attached hydrogens (primary N) is 1. The van der Waals surface area contributed by atoms with E-state index in [4.69, 9.17) is 15.4 Å². The highest BCUT2D eigenvalue weighted by Gasteiger charge is 2.13. The monoisotopic (exact) mass is 247 g/mol. The Bertz CT molecular complexity index is 537. The van der Waals surface area contributed by atoms with Crippen molar-refractivity contribution in [2.24, 2.45) is 5.73 Å². The zero-order valence-corrected chi connectivity index (χ0v) is 10.6. The second-order valence-corrected chi connectivity index (χ2v) is 4.43. The summed E-state index contributed by atoms with van der Waals surface area (Å²) < 4.78 is 5.00. The molecule has 3 N–H and O–H groups in total. The molecule has 5 heteroatoms. The maximum Gasteiger partial charge on any atom is 0.245 e. The van der Waals surface area contributed by atoms with Gasteiger partial charge in [0.15, 0.2) is 5.82 Å². The highest BCUT2D eigenvalue weighted by atomic mass is 16.5. The quantitative estimate of drug-likeness (QED) is 0.849. The van der Waals surface area contributed by atoms with Gasteiger partial charge < -0.3 is 15.4 Å². The van der Waals surface area contributed by atoms with Gasteiger partial charge in [0.1, 0.15) is 6.04 Å². The van der Waals surface area contributed by atoms with E-state index < -0.39 is 6.04 Å². The van der Waals surface area contributed by atoms with E-state index in [1.807, 2.05) is 6.07 Å². The number of rotatable bonds is 4. The lowest BCUT2D eigenvalue weighted by atomic mass is 10.0. The van der Waals surface area contributed by atoms with Crippen LogP contribution in [0, 0.1) is 13.8 Å². The Labute approximate surface area is 106 Å². The molecule has 0 fully saturated rings. The molecular weight excluding hydrogens is 230 g/mol. The summed E-state index contributed by atoms with van der Waals surface area (Å²) in [4.78, 5) is 4.17. The largest absolute Gasteiger partial charge is 0.394 e. The van der Waals surface area contributed by atoms with E-state index in [0.29, 0.717) is 12.2 Å². The van der Waals surface area contributed by atoms with Crippen LogP contribution in [0.15, 0.2) is 22.7 Å². The Morgan fingerprint density at radius 1 is 1.33 bits per heavy atom. The Morgan fingerprint density at radius 3 is 2.78 bits per heavy atom. The molecule has 18 heavy (non-hydrogen) atoms. The molecule has 0 spiro atoms. The smallest absolute Gasteiger partial charge is 0.245 e. The predicted molar refractivity (Wildman–Crippen MR) is 67.0 cm³/mol. The number of aryl methyl sites for hydroxylation is 2. The zero-order valence-electron chi connectivity index (χ0n) is 10.6. The molecule has 0 saturated carbocycles. The number of aliphatic hydroxyl groups excluding tert-OH is 1. The van der Waals surface area contributed by atoms with E-state index in [0.717, 1.165) is 5.56 Å². The number of aromatic nitrogens is 2. The minimum Gasteiger partial charge on any atom is -0.394 e. The van der Waals surface area contributed by atoms with Crippen LogP contribution in [-0.2, 0) is 6.42 Å². The van der Waals surface area contributed by atoms with Crippen LogP contribution >= 0.6 is 0 Å². The van der Waals surface area contributed by atoms with Gasteiger partial charge in [-0.3, -0.25) is 0 Å². The molecule has 1 heterocycles. The Balaban J connectivity index is 2.13. The summed E-state index contributed by atoms with van der Waals surface area (Å²) in [5, 5.41) is 12.8. The zero-order chi connectivity index (χ0) is 13.1. The molecule has 0 unspecified atom stereocenters. The van der Waals surface area contributed by atoms with Crippen molar-refractivity contribution in [2.75, 3.05) is 6.61 Å². The maximum atomic E-state index is 8.90. The molecule has 0 amide bonds. The lowest BCUT2D eigenvalue weighted by molar-refractivity contribution is 0.236. The van der Waals surface area contributed by atoms with Crippen molar-refractivity contribution in [3.8, 4) is 0 Å². The Morgan fingerprint density at radius 2 is 2.11 bits per heavy atom. The second kappa shape index (κ2) is 5.29. The number of hydrogen-bond acceptors (Lipinski definition) is 5. The van der Waals surface area contributed by atoms with E-state index >= 15 is 0 Å². The van der Waals surface area contributed by atoms with Gasteiger partial charge in [-0.05, 0) is 30.5 Å². The molecule has 0 aliphatic heterocycles. The van der Waals surface area contributed by atoms with E-state index in [9.17, 15) is 0 Å². The average Bonchev–Trinajstić information content (AvgIpc) is 2.81. The summed E-state index contributed by atoms with van der Waals surface area (Å²) in [7, 11) is 0. The van der Waals surface area contributed by atoms with Crippen molar-refractivity contribution in [3.05, 3.63) is 46.6 Å². The van der Waals surface area contributed by atoms with Crippen molar-refractivity contribution in [3.63, 3.8) is 0 Å². The molecule has 1 atom stereocenters. The molecule has 0 radical (unpaired) electrons. The van der Waals surface area contributed by atoms with Crippen molar-refractivity contribution in [2.45, 2.75) is 26.3 Å². The number of nitrogens with zero attached hydrogens (tertiary/aromatic N) is 2. The van der Waals surface area contributed by atoms with E-state index in [1.54, 1.807) is 0 Å². The lowest BCUT2D eigenvalue weighted by Gasteiger charge is -2.02. The van der Waals surface area contributed by atoms with Crippen LogP contribution in [0.5, 0.6) is 0 Å². The van der Waals surface area contributed by atoms with Crippen LogP contribution in [0.3, 0.4) is 0 Å². The van der Waals surface area contributed by atoms with Crippen LogP contribution in [0.1, 0.15) is 34.4 Å². The summed E-state index contributed by atoms with van der Waals surface area (Å²) in [5.74, 6) is 0.855. The molecule has 0 aliphatic carbocycles. The standard InChI is InChI=1S/C13H17N3O2/c1-8-3-4-10(5-9(8)2)6-12-15-13(18-16-12)11(14)7-17/h3-5,11,17H,6-7,14H2,1-2H3/t11-/m0/s1. The molecule has 96 valence electrons. The first-order valence-corrected chi connectivity index (χ1v) is 5.85. The van der Waals surface area contributed by atoms with Crippen molar-refractivity contribution in [1.82, 2.24) is 10.1 Å². The van der Waals surface area contributed by atoms with Gasteiger partial charge in [0.25, 0.3) is 0 Å². The summed E-state index contributed by atoms with van der Waals surface area (Å²) >= 11 is 0. The highest BCUT2D eigenvalue weighted by molar-refractivity contribution is 5.31. The fourth-order valence-electron chi connectivity index (χ4n) is 1.66. The van der Waals surface area contributed by atoms with Crippen molar-refractivity contribution >= 4 is 0 Å². The van der Waals surface area contributed by atoms with Gasteiger partial charge in [0.05, 0.1) is 6.61 Å². The Kier molecular flexibility index (Phi) is 3.74. The fraction of sp³-hybridized carbons (Fsp3) is 0.385. The topological polar surface area (TPSA) is 85.2 Å². The number of benzene rings is 1. The van der Waals surface area contributed by atoms with Gasteiger partial charge in [0.2, 0.25) is 5.89 Å². The van der Waals surface area contributed by atoms with Gasteiger partial charge in [-0.15, -0.1) is 0 Å². The van der Waals surface area contributed by atoms with E-state index in [2.05, 4.69) is 36.1 Å². The molecule has 2 aromatic rings. The van der Waals surface area contributed by atoms with Gasteiger partial charge >= 0.3 is 0 Å². The minimum absolute atomic E-state index is 0.203. The van der Waals surface area contributed by atoms with Gasteiger partial charge in [-0.25, -0.2) is 0 Å². The molecular formula is C13H17N3O2. The van der Waals surface area contributed by atoms with Crippen LogP contribution in [0.4, 0.5) is 0 Å². The van der Waals surface area contributed by atoms with Crippen LogP contribution < -0.4 is 5.73 Å². The lowest BCUT2D eigenvalue weighted by Crippen LogP contribution is -2.14. The molecule has 0 aliphatic rings. The third-order valence-electron chi connectivity index (χ3n) is 2.93. The number of hydrogen-bond donors (Lipinski definition) is 2. The normalized spacial score (nSPS) is 12.7. The van der Waals surface area contributed by atoms with Crippen LogP contribution in [0.2, 0.25) is 0 Å². The van der Waals surface area contributed by atoms with E-state index in [1.165, 1.54) is 11.1 Å². The molecule has 2 rings (SSSR count). The molecule has 1 aromatic heterocycles. The predicted octanol–water partition coefficient (Wildman–Crippen LogP) is 1.27. The SMILES string of the molecule is Cc1ccc(Cc2noc([C@@H](N)CO)n2)cc1C. The van der Waals surface area contributed by atoms with Gasteiger partial charge in [-0.2, -0.15) is 4.98 Å². The van der Waals surface area contributed by atoms with Gasteiger partial charge in [0, 0.05) is 6.42 Å². The van der Waals surface area contributed by atoms with E-state index in [-0.39, 0.29) is 12.5 Å². The third kappa shape index (κ3) is 2.75. The van der Waals surface area contributed by atoms with Gasteiger partial charge in [-0.1, -0.05) is 23.4 Å². The first-order valence-electron chi connectivity index (χ1n) is 5.85. The summed E-state index contributed by atoms with van der Waals surface area (Å²) in [6.45, 7) is 3.94. The first-order chi connectivity index (χ1) is 8.60. The van der Waals surface area contributed by atoms with Crippen LogP contribution in [0.25, 0.3) is 0 Å².